The van der Waals surface area contributed by atoms with Gasteiger partial charge in [0.05, 0.1) is 0 Å². The summed E-state index contributed by atoms with van der Waals surface area (Å²) >= 11 is 5.89. The van der Waals surface area contributed by atoms with Crippen molar-refractivity contribution < 1.29 is 13.2 Å². The molecule has 2 aromatic carbocycles. The molecular formula is C19H16ClF3N4. The molecule has 0 atom stereocenters. The molecule has 4 nitrogen and oxygen atoms in total. The number of nitrogens with zero attached hydrogens (tertiary/aromatic N) is 4. The molecule has 0 spiro atoms. The molecule has 0 unspecified atom stereocenters. The molecule has 0 saturated heterocycles. The van der Waals surface area contributed by atoms with Crippen LogP contribution in [0.3, 0.4) is 0 Å². The van der Waals surface area contributed by atoms with Crippen LogP contribution >= 0.6 is 11.6 Å². The lowest BCUT2D eigenvalue weighted by Gasteiger charge is -2.25. The Morgan fingerprint density at radius 2 is 1.44 bits per heavy atom. The van der Waals surface area contributed by atoms with Crippen LogP contribution in [0.2, 0.25) is 5.02 Å². The predicted molar refractivity (Wildman–Crippen MR) is 101 cm³/mol. The summed E-state index contributed by atoms with van der Waals surface area (Å²) in [5, 5.41) is 0.560. The van der Waals surface area contributed by atoms with E-state index < -0.39 is 11.7 Å². The first kappa shape index (κ1) is 19.0. The van der Waals surface area contributed by atoms with Gasteiger partial charge < -0.3 is 9.80 Å². The topological polar surface area (TPSA) is 32.3 Å². The van der Waals surface area contributed by atoms with Crippen molar-refractivity contribution in [2.75, 3.05) is 23.9 Å². The highest BCUT2D eigenvalue weighted by Gasteiger charge is 2.36. The predicted octanol–water partition coefficient (Wildman–Crippen LogP) is 5.68. The van der Waals surface area contributed by atoms with Crippen molar-refractivity contribution in [2.45, 2.75) is 6.18 Å². The van der Waals surface area contributed by atoms with Crippen molar-refractivity contribution in [1.29, 1.82) is 0 Å². The van der Waals surface area contributed by atoms with Gasteiger partial charge in [-0.15, -0.1) is 0 Å². The van der Waals surface area contributed by atoms with Crippen LogP contribution in [-0.2, 0) is 6.18 Å². The number of para-hydroxylation sites is 1. The summed E-state index contributed by atoms with van der Waals surface area (Å²) < 4.78 is 40.5. The largest absolute Gasteiger partial charge is 0.421 e. The first-order valence-corrected chi connectivity index (χ1v) is 8.37. The van der Waals surface area contributed by atoms with E-state index in [0.717, 1.165) is 6.20 Å². The fraction of sp³-hybridized carbons (Fsp3) is 0.158. The van der Waals surface area contributed by atoms with Gasteiger partial charge in [-0.2, -0.15) is 18.2 Å². The average Bonchev–Trinajstić information content (AvgIpc) is 2.67. The van der Waals surface area contributed by atoms with Crippen LogP contribution in [0.25, 0.3) is 0 Å². The van der Waals surface area contributed by atoms with Gasteiger partial charge >= 0.3 is 6.18 Å². The van der Waals surface area contributed by atoms with Crippen LogP contribution in [-0.4, -0.2) is 24.1 Å². The third-order valence-corrected chi connectivity index (χ3v) is 4.29. The molecule has 1 heterocycles. The van der Waals surface area contributed by atoms with Crippen LogP contribution in [0.15, 0.2) is 60.8 Å². The first-order chi connectivity index (χ1) is 12.8. The second kappa shape index (κ2) is 7.44. The van der Waals surface area contributed by atoms with E-state index >= 15 is 0 Å². The van der Waals surface area contributed by atoms with Crippen molar-refractivity contribution >= 4 is 34.7 Å². The minimum absolute atomic E-state index is 0.142. The Bertz CT molecular complexity index is 914. The highest BCUT2D eigenvalue weighted by molar-refractivity contribution is 6.30. The molecule has 0 aliphatic carbocycles. The fourth-order valence-electron chi connectivity index (χ4n) is 2.54. The maximum absolute atomic E-state index is 13.5. The molecule has 3 rings (SSSR count). The molecule has 0 N–H and O–H groups in total. The fourth-order valence-corrected chi connectivity index (χ4v) is 2.66. The Labute approximate surface area is 159 Å². The van der Waals surface area contributed by atoms with Crippen LogP contribution in [0.4, 0.5) is 36.3 Å². The minimum Gasteiger partial charge on any atom is -0.329 e. The summed E-state index contributed by atoms with van der Waals surface area (Å²) in [6.45, 7) is 0. The number of halogens is 4. The van der Waals surface area contributed by atoms with Gasteiger partial charge in [-0.05, 0) is 36.4 Å². The smallest absolute Gasteiger partial charge is 0.329 e. The molecule has 3 aromatic rings. The van der Waals surface area contributed by atoms with Gasteiger partial charge in [0.1, 0.15) is 5.56 Å². The Morgan fingerprint density at radius 3 is 2.04 bits per heavy atom. The number of hydrogen-bond acceptors (Lipinski definition) is 4. The summed E-state index contributed by atoms with van der Waals surface area (Å²) in [4.78, 5) is 11.1. The number of anilines is 4. The van der Waals surface area contributed by atoms with Crippen LogP contribution in [0, 0.1) is 0 Å². The van der Waals surface area contributed by atoms with Gasteiger partial charge in [0, 0.05) is 36.7 Å². The van der Waals surface area contributed by atoms with E-state index in [2.05, 4.69) is 9.97 Å². The SMILES string of the molecule is CN(c1ccc(Cl)cc1)c1ncc(C(F)(F)F)c(N(C)c2ccccc2)n1. The van der Waals surface area contributed by atoms with Gasteiger partial charge in [-0.3, -0.25) is 0 Å². The normalized spacial score (nSPS) is 11.3. The lowest BCUT2D eigenvalue weighted by atomic mass is 10.2. The van der Waals surface area contributed by atoms with E-state index in [1.165, 1.54) is 4.90 Å². The molecular weight excluding hydrogens is 377 g/mol. The third kappa shape index (κ3) is 4.14. The van der Waals surface area contributed by atoms with Crippen molar-refractivity contribution in [3.05, 3.63) is 71.4 Å². The maximum Gasteiger partial charge on any atom is 0.421 e. The number of benzene rings is 2. The monoisotopic (exact) mass is 392 g/mol. The Balaban J connectivity index is 2.06. The Morgan fingerprint density at radius 1 is 0.852 bits per heavy atom. The molecule has 27 heavy (non-hydrogen) atoms. The number of aromatic nitrogens is 2. The van der Waals surface area contributed by atoms with Crippen molar-refractivity contribution in [3.63, 3.8) is 0 Å². The molecule has 0 bridgehead atoms. The number of alkyl halides is 3. The summed E-state index contributed by atoms with van der Waals surface area (Å²) in [6, 6.07) is 15.6. The molecule has 0 saturated carbocycles. The summed E-state index contributed by atoms with van der Waals surface area (Å²) in [5.41, 5.74) is 0.386. The number of hydrogen-bond donors (Lipinski definition) is 0. The summed E-state index contributed by atoms with van der Waals surface area (Å²) in [7, 11) is 3.22. The molecule has 0 amide bonds. The molecule has 0 fully saturated rings. The van der Waals surface area contributed by atoms with Gasteiger partial charge in [-0.25, -0.2) is 4.98 Å². The summed E-state index contributed by atoms with van der Waals surface area (Å²) in [5.74, 6) is -0.0809. The molecule has 0 aliphatic rings. The zero-order valence-electron chi connectivity index (χ0n) is 14.6. The van der Waals surface area contributed by atoms with Crippen LogP contribution in [0.5, 0.6) is 0 Å². The lowest BCUT2D eigenvalue weighted by molar-refractivity contribution is -0.137. The first-order valence-electron chi connectivity index (χ1n) is 7.99. The van der Waals surface area contributed by atoms with Gasteiger partial charge in [0.25, 0.3) is 0 Å². The minimum atomic E-state index is -4.57. The van der Waals surface area contributed by atoms with E-state index in [-0.39, 0.29) is 11.8 Å². The van der Waals surface area contributed by atoms with Crippen LogP contribution < -0.4 is 9.80 Å². The molecule has 8 heteroatoms. The molecule has 140 valence electrons. The quantitative estimate of drug-likeness (QED) is 0.571. The Kier molecular flexibility index (Phi) is 5.23. The van der Waals surface area contributed by atoms with Crippen molar-refractivity contribution in [3.8, 4) is 0 Å². The second-order valence-electron chi connectivity index (χ2n) is 5.84. The van der Waals surface area contributed by atoms with Crippen molar-refractivity contribution in [2.24, 2.45) is 0 Å². The van der Waals surface area contributed by atoms with Gasteiger partial charge in [-0.1, -0.05) is 29.8 Å². The number of rotatable bonds is 4. The average molecular weight is 393 g/mol. The van der Waals surface area contributed by atoms with E-state index in [1.807, 2.05) is 0 Å². The van der Waals surface area contributed by atoms with E-state index in [0.29, 0.717) is 16.4 Å². The zero-order valence-corrected chi connectivity index (χ0v) is 15.3. The molecule has 0 radical (unpaired) electrons. The third-order valence-electron chi connectivity index (χ3n) is 4.04. The van der Waals surface area contributed by atoms with Crippen molar-refractivity contribution in [1.82, 2.24) is 9.97 Å². The molecule has 1 aromatic heterocycles. The lowest BCUT2D eigenvalue weighted by Crippen LogP contribution is -2.21. The van der Waals surface area contributed by atoms with E-state index in [4.69, 9.17) is 11.6 Å². The highest BCUT2D eigenvalue weighted by atomic mass is 35.5. The van der Waals surface area contributed by atoms with Crippen LogP contribution in [0.1, 0.15) is 5.56 Å². The zero-order chi connectivity index (χ0) is 19.6. The standard InChI is InChI=1S/C19H16ClF3N4/c1-26(14-6-4-3-5-7-14)17-16(19(21,22)23)12-24-18(25-17)27(2)15-10-8-13(20)9-11-15/h3-12H,1-2H3. The van der Waals surface area contributed by atoms with Gasteiger partial charge in [0.15, 0.2) is 5.82 Å². The second-order valence-corrected chi connectivity index (χ2v) is 6.27. The molecule has 0 aliphatic heterocycles. The Hall–Kier alpha value is -2.80. The van der Waals surface area contributed by atoms with E-state index in [9.17, 15) is 13.2 Å². The summed E-state index contributed by atoms with van der Waals surface area (Å²) in [6.07, 6.45) is -3.76. The van der Waals surface area contributed by atoms with Gasteiger partial charge in [0.2, 0.25) is 5.95 Å². The van der Waals surface area contributed by atoms with E-state index in [1.54, 1.807) is 73.6 Å². The maximum atomic E-state index is 13.5. The highest BCUT2D eigenvalue weighted by Crippen LogP contribution is 2.38.